The van der Waals surface area contributed by atoms with Crippen molar-refractivity contribution in [1.29, 1.82) is 0 Å². The summed E-state index contributed by atoms with van der Waals surface area (Å²) in [5.41, 5.74) is 4.89. The van der Waals surface area contributed by atoms with E-state index in [-0.39, 0.29) is 17.7 Å². The van der Waals surface area contributed by atoms with Crippen LogP contribution >= 0.6 is 0 Å². The molecule has 0 unspecified atom stereocenters. The van der Waals surface area contributed by atoms with E-state index in [1.807, 2.05) is 73.7 Å². The van der Waals surface area contributed by atoms with Gasteiger partial charge in [-0.1, -0.05) is 67.9 Å². The summed E-state index contributed by atoms with van der Waals surface area (Å²) in [6, 6.07) is 22.2. The van der Waals surface area contributed by atoms with Crippen LogP contribution in [0.5, 0.6) is 5.75 Å². The Morgan fingerprint density at radius 3 is 2.37 bits per heavy atom. The van der Waals surface area contributed by atoms with Crippen LogP contribution in [0.3, 0.4) is 0 Å². The Morgan fingerprint density at radius 2 is 1.67 bits per heavy atom. The van der Waals surface area contributed by atoms with Crippen LogP contribution in [0.25, 0.3) is 0 Å². The van der Waals surface area contributed by atoms with Gasteiger partial charge in [-0.15, -0.1) is 0 Å². The molecule has 8 nitrogen and oxygen atoms in total. The third-order valence-corrected chi connectivity index (χ3v) is 8.02. The molecule has 0 aromatic heterocycles. The highest BCUT2D eigenvalue weighted by molar-refractivity contribution is 5.94. The molecule has 0 bridgehead atoms. The molecule has 4 amide bonds. The highest BCUT2D eigenvalue weighted by Crippen LogP contribution is 2.21. The highest BCUT2D eigenvalue weighted by Gasteiger charge is 2.32. The molecule has 0 radical (unpaired) electrons. The van der Waals surface area contributed by atoms with Crippen LogP contribution in [-0.2, 0) is 29.0 Å². The molecule has 0 saturated carbocycles. The number of benzene rings is 3. The van der Waals surface area contributed by atoms with Gasteiger partial charge in [0, 0.05) is 37.7 Å². The van der Waals surface area contributed by atoms with E-state index in [2.05, 4.69) is 28.9 Å². The number of rotatable bonds is 12. The Bertz CT molecular complexity index is 1370. The molecule has 1 fully saturated rings. The van der Waals surface area contributed by atoms with Gasteiger partial charge < -0.3 is 25.6 Å². The van der Waals surface area contributed by atoms with Crippen molar-refractivity contribution in [3.8, 4) is 5.75 Å². The summed E-state index contributed by atoms with van der Waals surface area (Å²) in [5.74, 6) is 0.438. The number of methoxy groups -OCH3 is 1. The summed E-state index contributed by atoms with van der Waals surface area (Å²) >= 11 is 0. The van der Waals surface area contributed by atoms with Gasteiger partial charge in [-0.25, -0.2) is 4.79 Å². The van der Waals surface area contributed by atoms with E-state index < -0.39 is 12.1 Å². The molecule has 3 N–H and O–H groups in total. The maximum absolute atomic E-state index is 13.7. The number of nitrogens with one attached hydrogen (secondary N) is 3. The monoisotopic (exact) mass is 584 g/mol. The van der Waals surface area contributed by atoms with Crippen molar-refractivity contribution in [2.75, 3.05) is 25.5 Å². The number of hydrogen-bond donors (Lipinski definition) is 3. The van der Waals surface area contributed by atoms with Crippen molar-refractivity contribution in [3.05, 3.63) is 95.1 Å². The smallest absolute Gasteiger partial charge is 0.319 e. The van der Waals surface area contributed by atoms with Gasteiger partial charge in [-0.2, -0.15) is 0 Å². The average Bonchev–Trinajstić information content (AvgIpc) is 3.03. The van der Waals surface area contributed by atoms with Crippen LogP contribution < -0.4 is 20.7 Å². The number of nitrogens with zero attached hydrogens (tertiary/aromatic N) is 1. The number of hydrogen-bond acceptors (Lipinski definition) is 4. The van der Waals surface area contributed by atoms with Crippen molar-refractivity contribution in [1.82, 2.24) is 15.5 Å². The summed E-state index contributed by atoms with van der Waals surface area (Å²) in [6.07, 6.45) is 4.79. The number of aryl methyl sites for hydroxylation is 2. The van der Waals surface area contributed by atoms with Crippen molar-refractivity contribution in [2.45, 2.75) is 65.0 Å². The summed E-state index contributed by atoms with van der Waals surface area (Å²) in [6.45, 7) is 5.50. The molecule has 8 heteroatoms. The second-order valence-electron chi connectivity index (χ2n) is 11.3. The molecule has 43 heavy (non-hydrogen) atoms. The first-order chi connectivity index (χ1) is 20.9. The number of likely N-dealkylation sites (tertiary alicyclic amines) is 1. The normalized spacial score (nSPS) is 14.1. The first kappa shape index (κ1) is 31.6. The number of carbonyl (C=O) groups excluding carboxylic acids is 3. The Kier molecular flexibility index (Phi) is 11.6. The minimum atomic E-state index is -0.732. The maximum Gasteiger partial charge on any atom is 0.319 e. The minimum Gasteiger partial charge on any atom is -0.497 e. The first-order valence-corrected chi connectivity index (χ1v) is 15.3. The van der Waals surface area contributed by atoms with E-state index in [1.54, 1.807) is 12.0 Å². The SMILES string of the molecule is CCCCc1ccc(NC(=O)N[C@H](Cc2ccccc2)C(=O)N2CCC(C(=O)NCc3cccc(OC)c3)CC2)c(C)c1. The zero-order valence-electron chi connectivity index (χ0n) is 25.5. The second-order valence-corrected chi connectivity index (χ2v) is 11.3. The molecule has 3 aromatic rings. The fourth-order valence-electron chi connectivity index (χ4n) is 5.47. The molecule has 0 aliphatic carbocycles. The summed E-state index contributed by atoms with van der Waals surface area (Å²) in [4.78, 5) is 41.5. The zero-order chi connectivity index (χ0) is 30.6. The van der Waals surface area contributed by atoms with E-state index in [0.29, 0.717) is 38.9 Å². The molecule has 1 atom stereocenters. The Morgan fingerprint density at radius 1 is 0.930 bits per heavy atom. The van der Waals surface area contributed by atoms with Gasteiger partial charge in [0.05, 0.1) is 7.11 Å². The Labute approximate surface area is 255 Å². The van der Waals surface area contributed by atoms with Gasteiger partial charge in [-0.05, 0) is 73.1 Å². The maximum atomic E-state index is 13.7. The first-order valence-electron chi connectivity index (χ1n) is 15.3. The Hall–Kier alpha value is -4.33. The minimum absolute atomic E-state index is 0.00987. The third kappa shape index (κ3) is 9.33. The van der Waals surface area contributed by atoms with Gasteiger partial charge in [0.1, 0.15) is 11.8 Å². The van der Waals surface area contributed by atoms with Crippen LogP contribution in [0.15, 0.2) is 72.8 Å². The molecular formula is C35H44N4O4. The predicted octanol–water partition coefficient (Wildman–Crippen LogP) is 5.63. The number of carbonyl (C=O) groups is 3. The lowest BCUT2D eigenvalue weighted by atomic mass is 9.94. The molecule has 1 aliphatic rings. The third-order valence-electron chi connectivity index (χ3n) is 8.02. The van der Waals surface area contributed by atoms with Crippen LogP contribution in [0, 0.1) is 12.8 Å². The average molecular weight is 585 g/mol. The fraction of sp³-hybridized carbons (Fsp3) is 0.400. The van der Waals surface area contributed by atoms with Gasteiger partial charge in [0.25, 0.3) is 0 Å². The van der Waals surface area contributed by atoms with Gasteiger partial charge in [0.15, 0.2) is 0 Å². The lowest BCUT2D eigenvalue weighted by Gasteiger charge is -2.34. The van der Waals surface area contributed by atoms with Crippen molar-refractivity contribution in [3.63, 3.8) is 0 Å². The van der Waals surface area contributed by atoms with Crippen LogP contribution in [-0.4, -0.2) is 49.0 Å². The number of piperidine rings is 1. The molecule has 228 valence electrons. The van der Waals surface area contributed by atoms with Crippen LogP contribution in [0.4, 0.5) is 10.5 Å². The molecule has 0 spiro atoms. The van der Waals surface area contributed by atoms with E-state index in [1.165, 1.54) is 5.56 Å². The summed E-state index contributed by atoms with van der Waals surface area (Å²) < 4.78 is 5.26. The molecule has 1 saturated heterocycles. The highest BCUT2D eigenvalue weighted by atomic mass is 16.5. The van der Waals surface area contributed by atoms with E-state index in [4.69, 9.17) is 4.74 Å². The van der Waals surface area contributed by atoms with E-state index in [0.717, 1.165) is 47.4 Å². The number of anilines is 1. The van der Waals surface area contributed by atoms with E-state index in [9.17, 15) is 14.4 Å². The van der Waals surface area contributed by atoms with Crippen molar-refractivity contribution in [2.24, 2.45) is 5.92 Å². The molecule has 1 aliphatic heterocycles. The number of urea groups is 1. The number of unbranched alkanes of at least 4 members (excludes halogenated alkanes) is 1. The van der Waals surface area contributed by atoms with Crippen molar-refractivity contribution >= 4 is 23.5 Å². The molecule has 3 aromatic carbocycles. The standard InChI is InChI=1S/C35H44N4O4/c1-4-5-10-27-15-16-31(25(2)21-27)37-35(42)38-32(23-26-11-7-6-8-12-26)34(41)39-19-17-29(18-20-39)33(40)36-24-28-13-9-14-30(22-28)43-3/h6-9,11-16,21-22,29,32H,4-5,10,17-20,23-24H2,1-3H3,(H,36,40)(H2,37,38,42)/t32-/m1/s1. The number of ether oxygens (including phenoxy) is 1. The lowest BCUT2D eigenvalue weighted by Crippen LogP contribution is -2.53. The van der Waals surface area contributed by atoms with Crippen LogP contribution in [0.2, 0.25) is 0 Å². The second kappa shape index (κ2) is 15.8. The lowest BCUT2D eigenvalue weighted by molar-refractivity contribution is -0.137. The van der Waals surface area contributed by atoms with E-state index >= 15 is 0 Å². The predicted molar refractivity (Wildman–Crippen MR) is 170 cm³/mol. The summed E-state index contributed by atoms with van der Waals surface area (Å²) in [7, 11) is 1.62. The zero-order valence-corrected chi connectivity index (χ0v) is 25.5. The summed E-state index contributed by atoms with van der Waals surface area (Å²) in [5, 5.41) is 8.90. The van der Waals surface area contributed by atoms with Gasteiger partial charge in [0.2, 0.25) is 11.8 Å². The largest absolute Gasteiger partial charge is 0.497 e. The van der Waals surface area contributed by atoms with Gasteiger partial charge in [-0.3, -0.25) is 9.59 Å². The van der Waals surface area contributed by atoms with Crippen molar-refractivity contribution < 1.29 is 19.1 Å². The Balaban J connectivity index is 1.34. The van der Waals surface area contributed by atoms with Gasteiger partial charge >= 0.3 is 6.03 Å². The molecular weight excluding hydrogens is 540 g/mol. The molecule has 4 rings (SSSR count). The van der Waals surface area contributed by atoms with Crippen LogP contribution in [0.1, 0.15) is 54.9 Å². The fourth-order valence-corrected chi connectivity index (χ4v) is 5.47. The quantitative estimate of drug-likeness (QED) is 0.257. The molecule has 1 heterocycles. The topological polar surface area (TPSA) is 99.8 Å². The number of amides is 4.